The van der Waals surface area contributed by atoms with Gasteiger partial charge in [0.05, 0.1) is 0 Å². The first-order valence-corrected chi connectivity index (χ1v) is 11.9. The molecular weight excluding hydrogens is 470 g/mol. The lowest BCUT2D eigenvalue weighted by Gasteiger charge is -2.32. The first-order chi connectivity index (χ1) is 17.8. The van der Waals surface area contributed by atoms with Crippen molar-refractivity contribution >= 4 is 17.7 Å². The molecule has 0 aliphatic carbocycles. The Morgan fingerprint density at radius 2 is 1.46 bits per heavy atom. The summed E-state index contributed by atoms with van der Waals surface area (Å²) in [5, 5.41) is 11.2. The summed E-state index contributed by atoms with van der Waals surface area (Å²) in [6, 6.07) is 13.1. The number of likely N-dealkylation sites (N-methyl/N-ethyl adjacent to an activating group) is 3. The predicted molar refractivity (Wildman–Crippen MR) is 139 cm³/mol. The first kappa shape index (κ1) is 27.4. The van der Waals surface area contributed by atoms with E-state index in [1.165, 1.54) is 25.1 Å². The fourth-order valence-corrected chi connectivity index (χ4v) is 3.85. The van der Waals surface area contributed by atoms with Crippen molar-refractivity contribution in [2.75, 3.05) is 47.3 Å². The van der Waals surface area contributed by atoms with E-state index in [1.807, 2.05) is 12.1 Å². The Labute approximate surface area is 217 Å². The second-order valence-electron chi connectivity index (χ2n) is 8.76. The van der Waals surface area contributed by atoms with Crippen LogP contribution in [0.15, 0.2) is 48.5 Å². The summed E-state index contributed by atoms with van der Waals surface area (Å²) in [6.45, 7) is 5.30. The number of benzene rings is 2. The minimum atomic E-state index is -1.52. The van der Waals surface area contributed by atoms with Crippen molar-refractivity contribution in [3.63, 3.8) is 0 Å². The lowest BCUT2D eigenvalue weighted by atomic mass is 10.1. The Morgan fingerprint density at radius 1 is 0.919 bits per heavy atom. The van der Waals surface area contributed by atoms with Gasteiger partial charge in [-0.15, -0.1) is 0 Å². The van der Waals surface area contributed by atoms with Crippen LogP contribution in [0.5, 0.6) is 0 Å². The van der Waals surface area contributed by atoms with Crippen LogP contribution in [-0.2, 0) is 16.1 Å². The molecular formula is C28H31N5O4. The van der Waals surface area contributed by atoms with Crippen molar-refractivity contribution < 1.29 is 19.6 Å². The number of hydroxylamine groups is 1. The molecule has 1 saturated heterocycles. The van der Waals surface area contributed by atoms with Crippen molar-refractivity contribution in [3.8, 4) is 23.7 Å². The van der Waals surface area contributed by atoms with Gasteiger partial charge in [-0.3, -0.25) is 24.5 Å². The molecule has 192 valence electrons. The summed E-state index contributed by atoms with van der Waals surface area (Å²) in [6.07, 6.45) is 0. The highest BCUT2D eigenvalue weighted by molar-refractivity contribution is 6.08. The standard InChI is InChI=1S/C28H31N5O4/c1-29-26(34)25(27(35)30-37)32(3)28(36)24-14-12-22(13-15-24)7-5-4-6-21-8-10-23(11-9-21)20-33-18-16-31(2)17-19-33/h8-15,25,37H,16-20H2,1-3H3,(H,29,34)(H,30,35). The van der Waals surface area contributed by atoms with Crippen LogP contribution in [0.2, 0.25) is 0 Å². The lowest BCUT2D eigenvalue weighted by Crippen LogP contribution is -2.54. The highest BCUT2D eigenvalue weighted by Crippen LogP contribution is 2.11. The van der Waals surface area contributed by atoms with Crippen molar-refractivity contribution in [1.29, 1.82) is 0 Å². The Hall–Kier alpha value is -4.15. The zero-order valence-corrected chi connectivity index (χ0v) is 21.2. The highest BCUT2D eigenvalue weighted by Gasteiger charge is 2.33. The van der Waals surface area contributed by atoms with E-state index in [9.17, 15) is 14.4 Å². The van der Waals surface area contributed by atoms with E-state index >= 15 is 0 Å². The molecule has 0 bridgehead atoms. The third-order valence-electron chi connectivity index (χ3n) is 6.12. The van der Waals surface area contributed by atoms with Crippen molar-refractivity contribution in [3.05, 3.63) is 70.8 Å². The van der Waals surface area contributed by atoms with E-state index < -0.39 is 23.8 Å². The topological polar surface area (TPSA) is 105 Å². The lowest BCUT2D eigenvalue weighted by molar-refractivity contribution is -0.140. The molecule has 0 aromatic heterocycles. The fourth-order valence-electron chi connectivity index (χ4n) is 3.85. The molecule has 37 heavy (non-hydrogen) atoms. The number of piperazine rings is 1. The smallest absolute Gasteiger partial charge is 0.275 e. The average molecular weight is 502 g/mol. The highest BCUT2D eigenvalue weighted by atomic mass is 16.5. The summed E-state index contributed by atoms with van der Waals surface area (Å²) in [5.41, 5.74) is 4.48. The van der Waals surface area contributed by atoms with Crippen LogP contribution in [0, 0.1) is 23.7 Å². The van der Waals surface area contributed by atoms with Crippen molar-refractivity contribution in [2.24, 2.45) is 0 Å². The van der Waals surface area contributed by atoms with Gasteiger partial charge in [0, 0.05) is 63.5 Å². The molecule has 1 fully saturated rings. The number of nitrogens with one attached hydrogen (secondary N) is 2. The number of amides is 3. The van der Waals surface area contributed by atoms with E-state index in [0.717, 1.165) is 43.2 Å². The number of nitrogens with zero attached hydrogens (tertiary/aromatic N) is 3. The summed E-state index contributed by atoms with van der Waals surface area (Å²) < 4.78 is 0. The predicted octanol–water partition coefficient (Wildman–Crippen LogP) is 0.529. The maximum Gasteiger partial charge on any atom is 0.275 e. The van der Waals surface area contributed by atoms with Gasteiger partial charge in [-0.2, -0.15) is 0 Å². The second-order valence-corrected chi connectivity index (χ2v) is 8.76. The molecule has 1 atom stereocenters. The molecule has 3 N–H and O–H groups in total. The van der Waals surface area contributed by atoms with Gasteiger partial charge in [0.1, 0.15) is 0 Å². The zero-order valence-electron chi connectivity index (χ0n) is 21.2. The van der Waals surface area contributed by atoms with Gasteiger partial charge in [0.15, 0.2) is 6.04 Å². The normalized spacial score (nSPS) is 14.3. The number of hydrogen-bond donors (Lipinski definition) is 3. The van der Waals surface area contributed by atoms with Crippen LogP contribution in [0.3, 0.4) is 0 Å². The van der Waals surface area contributed by atoms with Gasteiger partial charge >= 0.3 is 0 Å². The van der Waals surface area contributed by atoms with E-state index in [4.69, 9.17) is 5.21 Å². The quantitative estimate of drug-likeness (QED) is 0.231. The van der Waals surface area contributed by atoms with E-state index in [-0.39, 0.29) is 5.56 Å². The Balaban J connectivity index is 1.58. The van der Waals surface area contributed by atoms with Crippen LogP contribution in [0.4, 0.5) is 0 Å². The molecule has 1 aliphatic rings. The molecule has 0 radical (unpaired) electrons. The maximum atomic E-state index is 12.7. The average Bonchev–Trinajstić information content (AvgIpc) is 2.93. The molecule has 1 heterocycles. The molecule has 3 rings (SSSR count). The van der Waals surface area contributed by atoms with Gasteiger partial charge < -0.3 is 15.1 Å². The van der Waals surface area contributed by atoms with Crippen LogP contribution >= 0.6 is 0 Å². The minimum Gasteiger partial charge on any atom is -0.357 e. The van der Waals surface area contributed by atoms with Crippen LogP contribution in [0.1, 0.15) is 27.0 Å². The fraction of sp³-hybridized carbons (Fsp3) is 0.321. The van der Waals surface area contributed by atoms with Gasteiger partial charge in [-0.25, -0.2) is 5.48 Å². The first-order valence-electron chi connectivity index (χ1n) is 11.9. The van der Waals surface area contributed by atoms with E-state index in [0.29, 0.717) is 5.56 Å². The third kappa shape index (κ3) is 7.66. The SMILES string of the molecule is CNC(=O)C(C(=O)NO)N(C)C(=O)c1ccc(C#CC#Cc2ccc(CN3CCN(C)CC3)cc2)cc1. The molecule has 1 aliphatic heterocycles. The van der Waals surface area contributed by atoms with Gasteiger partial charge in [0.2, 0.25) is 0 Å². The van der Waals surface area contributed by atoms with E-state index in [2.05, 4.69) is 58.0 Å². The third-order valence-corrected chi connectivity index (χ3v) is 6.12. The molecule has 2 aromatic rings. The van der Waals surface area contributed by atoms with Gasteiger partial charge in [-0.1, -0.05) is 24.0 Å². The number of carbonyl (C=O) groups is 3. The summed E-state index contributed by atoms with van der Waals surface area (Å²) in [5.74, 6) is 9.34. The number of carbonyl (C=O) groups excluding carboxylic acids is 3. The van der Waals surface area contributed by atoms with E-state index in [1.54, 1.807) is 24.3 Å². The number of rotatable bonds is 6. The summed E-state index contributed by atoms with van der Waals surface area (Å²) in [7, 11) is 4.79. The number of hydrogen-bond acceptors (Lipinski definition) is 6. The van der Waals surface area contributed by atoms with Crippen molar-refractivity contribution in [2.45, 2.75) is 12.6 Å². The molecule has 9 heteroatoms. The Bertz CT molecular complexity index is 1210. The van der Waals surface area contributed by atoms with Crippen molar-refractivity contribution in [1.82, 2.24) is 25.5 Å². The molecule has 0 spiro atoms. The Kier molecular flexibility index (Phi) is 9.82. The molecule has 2 aromatic carbocycles. The van der Waals surface area contributed by atoms with Gasteiger partial charge in [-0.05, 0) is 60.9 Å². The van der Waals surface area contributed by atoms with Crippen LogP contribution in [0.25, 0.3) is 0 Å². The summed E-state index contributed by atoms with van der Waals surface area (Å²) in [4.78, 5) is 42.3. The maximum absolute atomic E-state index is 12.7. The molecule has 0 saturated carbocycles. The monoisotopic (exact) mass is 501 g/mol. The Morgan fingerprint density at radius 3 is 1.97 bits per heavy atom. The van der Waals surface area contributed by atoms with Gasteiger partial charge in [0.25, 0.3) is 17.7 Å². The largest absolute Gasteiger partial charge is 0.357 e. The van der Waals surface area contributed by atoms with Crippen LogP contribution < -0.4 is 10.8 Å². The second kappa shape index (κ2) is 13.2. The minimum absolute atomic E-state index is 0.260. The van der Waals surface area contributed by atoms with Crippen LogP contribution in [-0.4, -0.2) is 91.0 Å². The molecule has 9 nitrogen and oxygen atoms in total. The molecule has 1 unspecified atom stereocenters. The zero-order chi connectivity index (χ0) is 26.8. The summed E-state index contributed by atoms with van der Waals surface area (Å²) >= 11 is 0. The molecule has 3 amide bonds.